The van der Waals surface area contributed by atoms with Crippen molar-refractivity contribution in [3.05, 3.63) is 35.4 Å². The molecule has 0 aromatic heterocycles. The molecule has 1 amide bonds. The molecular weight excluding hydrogens is 336 g/mol. The second-order valence-corrected chi connectivity index (χ2v) is 7.96. The van der Waals surface area contributed by atoms with Gasteiger partial charge in [0, 0.05) is 31.7 Å². The van der Waals surface area contributed by atoms with E-state index in [1.807, 2.05) is 31.2 Å². The predicted octanol–water partition coefficient (Wildman–Crippen LogP) is 3.56. The van der Waals surface area contributed by atoms with Gasteiger partial charge in [0.15, 0.2) is 5.96 Å². The first-order chi connectivity index (χ1) is 13.2. The number of likely N-dealkylation sites (tertiary alicyclic amines) is 1. The summed E-state index contributed by atoms with van der Waals surface area (Å²) in [5, 5.41) is 6.31. The molecule has 2 aliphatic rings. The summed E-state index contributed by atoms with van der Waals surface area (Å²) >= 11 is 0. The van der Waals surface area contributed by atoms with Crippen molar-refractivity contribution in [3.8, 4) is 0 Å². The summed E-state index contributed by atoms with van der Waals surface area (Å²) in [6.45, 7) is 8.49. The number of nitrogens with zero attached hydrogens (tertiary/aromatic N) is 2. The van der Waals surface area contributed by atoms with Crippen LogP contribution in [0, 0.1) is 5.41 Å². The number of nitrogens with one attached hydrogen (secondary N) is 2. The molecule has 0 atom stereocenters. The normalized spacial score (nSPS) is 19.3. The average molecular weight is 371 g/mol. The predicted molar refractivity (Wildman–Crippen MR) is 111 cm³/mol. The van der Waals surface area contributed by atoms with Crippen LogP contribution in [-0.2, 0) is 6.54 Å². The molecule has 148 valence electrons. The largest absolute Gasteiger partial charge is 0.357 e. The second kappa shape index (κ2) is 9.25. The van der Waals surface area contributed by atoms with E-state index in [-0.39, 0.29) is 5.91 Å². The third kappa shape index (κ3) is 5.02. The van der Waals surface area contributed by atoms with Crippen molar-refractivity contribution in [2.24, 2.45) is 10.4 Å². The molecule has 1 saturated carbocycles. The third-order valence-corrected chi connectivity index (χ3v) is 5.95. The van der Waals surface area contributed by atoms with E-state index >= 15 is 0 Å². The number of amides is 1. The van der Waals surface area contributed by atoms with Gasteiger partial charge >= 0.3 is 0 Å². The standard InChI is InChI=1S/C22H34N4O/c1-3-23-20(27)19-10-8-18(9-11-19)16-25-21(24-4-2)26-15-14-22(17-26)12-6-5-7-13-22/h8-11H,3-7,12-17H2,1-2H3,(H,23,27)(H,24,25). The number of hydrogen-bond donors (Lipinski definition) is 2. The molecule has 0 bridgehead atoms. The van der Waals surface area contributed by atoms with Crippen molar-refractivity contribution in [1.82, 2.24) is 15.5 Å². The molecule has 1 spiro atoms. The highest BCUT2D eigenvalue weighted by Gasteiger charge is 2.39. The molecule has 5 nitrogen and oxygen atoms in total. The lowest BCUT2D eigenvalue weighted by Gasteiger charge is -2.33. The van der Waals surface area contributed by atoms with Crippen molar-refractivity contribution in [1.29, 1.82) is 0 Å². The molecule has 2 fully saturated rings. The molecule has 1 aliphatic heterocycles. The molecule has 0 unspecified atom stereocenters. The minimum absolute atomic E-state index is 0.0178. The first-order valence-corrected chi connectivity index (χ1v) is 10.6. The second-order valence-electron chi connectivity index (χ2n) is 7.96. The maximum absolute atomic E-state index is 11.9. The fraction of sp³-hybridized carbons (Fsp3) is 0.636. The fourth-order valence-electron chi connectivity index (χ4n) is 4.44. The minimum atomic E-state index is -0.0178. The highest BCUT2D eigenvalue weighted by molar-refractivity contribution is 5.94. The average Bonchev–Trinajstić information content (AvgIpc) is 3.09. The van der Waals surface area contributed by atoms with Crippen LogP contribution in [0.2, 0.25) is 0 Å². The van der Waals surface area contributed by atoms with Gasteiger partial charge in [0.25, 0.3) is 5.91 Å². The van der Waals surface area contributed by atoms with E-state index in [1.54, 1.807) is 0 Å². The van der Waals surface area contributed by atoms with E-state index in [0.717, 1.165) is 31.2 Å². The number of carbonyl (C=O) groups excluding carboxylic acids is 1. The van der Waals surface area contributed by atoms with E-state index < -0.39 is 0 Å². The molecule has 27 heavy (non-hydrogen) atoms. The summed E-state index contributed by atoms with van der Waals surface area (Å²) in [6, 6.07) is 7.78. The Morgan fingerprint density at radius 1 is 1.04 bits per heavy atom. The van der Waals surface area contributed by atoms with Crippen molar-refractivity contribution < 1.29 is 4.79 Å². The molecule has 1 heterocycles. The van der Waals surface area contributed by atoms with Crippen molar-refractivity contribution in [2.45, 2.75) is 58.9 Å². The highest BCUT2D eigenvalue weighted by atomic mass is 16.1. The molecule has 1 aromatic carbocycles. The number of benzene rings is 1. The highest BCUT2D eigenvalue weighted by Crippen LogP contribution is 2.43. The van der Waals surface area contributed by atoms with Gasteiger partial charge in [0.2, 0.25) is 0 Å². The third-order valence-electron chi connectivity index (χ3n) is 5.95. The van der Waals surface area contributed by atoms with Crippen molar-refractivity contribution in [3.63, 3.8) is 0 Å². The zero-order valence-corrected chi connectivity index (χ0v) is 16.9. The topological polar surface area (TPSA) is 56.7 Å². The minimum Gasteiger partial charge on any atom is -0.357 e. The Hall–Kier alpha value is -2.04. The van der Waals surface area contributed by atoms with E-state index in [1.165, 1.54) is 38.5 Å². The van der Waals surface area contributed by atoms with Gasteiger partial charge in [-0.15, -0.1) is 0 Å². The Bertz CT molecular complexity index is 647. The first kappa shape index (κ1) is 19.7. The van der Waals surface area contributed by atoms with Gasteiger partial charge in [-0.25, -0.2) is 4.99 Å². The summed E-state index contributed by atoms with van der Waals surface area (Å²) in [5.74, 6) is 1.02. The molecule has 3 rings (SSSR count). The number of guanidine groups is 1. The Kier molecular flexibility index (Phi) is 6.75. The Labute approximate surface area is 163 Å². The van der Waals surface area contributed by atoms with Crippen LogP contribution >= 0.6 is 0 Å². The van der Waals surface area contributed by atoms with Crippen LogP contribution in [0.3, 0.4) is 0 Å². The molecule has 5 heteroatoms. The monoisotopic (exact) mass is 370 g/mol. The summed E-state index contributed by atoms with van der Waals surface area (Å²) in [7, 11) is 0. The molecule has 1 aromatic rings. The van der Waals surface area contributed by atoms with Gasteiger partial charge in [-0.3, -0.25) is 4.79 Å². The Morgan fingerprint density at radius 3 is 2.41 bits per heavy atom. The van der Waals surface area contributed by atoms with E-state index in [4.69, 9.17) is 4.99 Å². The van der Waals surface area contributed by atoms with E-state index in [0.29, 0.717) is 24.1 Å². The van der Waals surface area contributed by atoms with Gasteiger partial charge in [0.05, 0.1) is 6.54 Å². The zero-order valence-electron chi connectivity index (χ0n) is 16.9. The number of carbonyl (C=O) groups is 1. The SMILES string of the molecule is CCNC(=O)c1ccc(CN=C(NCC)N2CCC3(CCCCC3)C2)cc1. The van der Waals surface area contributed by atoms with Crippen LogP contribution in [0.15, 0.2) is 29.3 Å². The molecule has 1 saturated heterocycles. The molecule has 2 N–H and O–H groups in total. The van der Waals surface area contributed by atoms with Gasteiger partial charge < -0.3 is 15.5 Å². The van der Waals surface area contributed by atoms with Gasteiger partial charge in [0.1, 0.15) is 0 Å². The van der Waals surface area contributed by atoms with Crippen LogP contribution in [0.25, 0.3) is 0 Å². The lowest BCUT2D eigenvalue weighted by Crippen LogP contribution is -2.41. The zero-order chi connectivity index (χ0) is 19.1. The van der Waals surface area contributed by atoms with Gasteiger partial charge in [-0.2, -0.15) is 0 Å². The first-order valence-electron chi connectivity index (χ1n) is 10.6. The van der Waals surface area contributed by atoms with Crippen LogP contribution in [0.1, 0.15) is 68.3 Å². The van der Waals surface area contributed by atoms with Crippen molar-refractivity contribution >= 4 is 11.9 Å². The van der Waals surface area contributed by atoms with Crippen molar-refractivity contribution in [2.75, 3.05) is 26.2 Å². The number of hydrogen-bond acceptors (Lipinski definition) is 2. The van der Waals surface area contributed by atoms with Crippen LogP contribution in [0.5, 0.6) is 0 Å². The smallest absolute Gasteiger partial charge is 0.251 e. The fourth-order valence-corrected chi connectivity index (χ4v) is 4.44. The van der Waals surface area contributed by atoms with Crippen LogP contribution < -0.4 is 10.6 Å². The summed E-state index contributed by atoms with van der Waals surface area (Å²) in [4.78, 5) is 19.2. The molecule has 0 radical (unpaired) electrons. The summed E-state index contributed by atoms with van der Waals surface area (Å²) in [5.41, 5.74) is 2.36. The summed E-state index contributed by atoms with van der Waals surface area (Å²) < 4.78 is 0. The van der Waals surface area contributed by atoms with E-state index in [9.17, 15) is 4.79 Å². The lowest BCUT2D eigenvalue weighted by molar-refractivity contribution is 0.0956. The maximum Gasteiger partial charge on any atom is 0.251 e. The Balaban J connectivity index is 1.63. The van der Waals surface area contributed by atoms with Crippen LogP contribution in [-0.4, -0.2) is 42.9 Å². The molecule has 1 aliphatic carbocycles. The van der Waals surface area contributed by atoms with Gasteiger partial charge in [-0.1, -0.05) is 31.4 Å². The maximum atomic E-state index is 11.9. The number of aliphatic imine (C=N–C) groups is 1. The summed E-state index contributed by atoms with van der Waals surface area (Å²) in [6.07, 6.45) is 8.24. The van der Waals surface area contributed by atoms with Crippen LogP contribution in [0.4, 0.5) is 0 Å². The lowest BCUT2D eigenvalue weighted by atomic mass is 9.73. The molecular formula is C22H34N4O. The number of rotatable bonds is 5. The quantitative estimate of drug-likeness (QED) is 0.615. The van der Waals surface area contributed by atoms with E-state index in [2.05, 4.69) is 22.5 Å². The Morgan fingerprint density at radius 2 is 1.74 bits per heavy atom. The van der Waals surface area contributed by atoms with Gasteiger partial charge in [-0.05, 0) is 56.2 Å².